The number of thioether (sulfide) groups is 1. The number of halogens is 2. The molecule has 0 saturated heterocycles. The summed E-state index contributed by atoms with van der Waals surface area (Å²) in [6.07, 6.45) is 3.18. The zero-order valence-corrected chi connectivity index (χ0v) is 12.1. The summed E-state index contributed by atoms with van der Waals surface area (Å²) in [4.78, 5) is 0. The first-order valence-electron chi connectivity index (χ1n) is 6.90. The molecule has 1 aliphatic carbocycles. The van der Waals surface area contributed by atoms with Crippen molar-refractivity contribution in [1.29, 1.82) is 0 Å². The summed E-state index contributed by atoms with van der Waals surface area (Å²) in [7, 11) is 0. The first kappa shape index (κ1) is 14.8. The topological polar surface area (TPSA) is 12.0 Å². The molecule has 4 heteroatoms. The van der Waals surface area contributed by atoms with Gasteiger partial charge in [-0.15, -0.1) is 0 Å². The lowest BCUT2D eigenvalue weighted by atomic mass is 10.1. The van der Waals surface area contributed by atoms with Gasteiger partial charge in [-0.1, -0.05) is 37.3 Å². The molecule has 0 radical (unpaired) electrons. The van der Waals surface area contributed by atoms with Crippen LogP contribution in [0.4, 0.5) is 8.78 Å². The Labute approximate surface area is 118 Å². The molecule has 1 saturated carbocycles. The van der Waals surface area contributed by atoms with Crippen LogP contribution in [0.2, 0.25) is 0 Å². The van der Waals surface area contributed by atoms with Gasteiger partial charge in [-0.05, 0) is 25.0 Å². The van der Waals surface area contributed by atoms with Gasteiger partial charge in [0.2, 0.25) is 0 Å². The van der Waals surface area contributed by atoms with Gasteiger partial charge < -0.3 is 5.32 Å². The van der Waals surface area contributed by atoms with Crippen molar-refractivity contribution in [3.63, 3.8) is 0 Å². The average Bonchev–Trinajstić information content (AvgIpc) is 2.86. The van der Waals surface area contributed by atoms with E-state index in [4.69, 9.17) is 0 Å². The van der Waals surface area contributed by atoms with Crippen LogP contribution in [0, 0.1) is 0 Å². The fourth-order valence-corrected chi connectivity index (χ4v) is 3.71. The molecule has 106 valence electrons. The summed E-state index contributed by atoms with van der Waals surface area (Å²) >= 11 is 1.94. The third kappa shape index (κ3) is 4.18. The second-order valence-electron chi connectivity index (χ2n) is 5.04. The highest BCUT2D eigenvalue weighted by molar-refractivity contribution is 7.99. The highest BCUT2D eigenvalue weighted by atomic mass is 32.2. The summed E-state index contributed by atoms with van der Waals surface area (Å²) < 4.78 is 28.0. The number of hydrogen-bond donors (Lipinski definition) is 1. The van der Waals surface area contributed by atoms with Gasteiger partial charge in [-0.25, -0.2) is 0 Å². The van der Waals surface area contributed by atoms with E-state index in [2.05, 4.69) is 12.2 Å². The van der Waals surface area contributed by atoms with Gasteiger partial charge in [0.1, 0.15) is 0 Å². The molecule has 0 bridgehead atoms. The lowest BCUT2D eigenvalue weighted by Gasteiger charge is -2.20. The van der Waals surface area contributed by atoms with E-state index in [1.54, 1.807) is 18.2 Å². The minimum absolute atomic E-state index is 0.0972. The molecule has 1 aliphatic rings. The smallest absolute Gasteiger partial charge is 0.285 e. The Hall–Kier alpha value is -0.610. The van der Waals surface area contributed by atoms with Crippen LogP contribution >= 0.6 is 11.8 Å². The Balaban J connectivity index is 1.82. The third-order valence-electron chi connectivity index (χ3n) is 3.60. The zero-order valence-electron chi connectivity index (χ0n) is 11.2. The second-order valence-corrected chi connectivity index (χ2v) is 6.62. The minimum atomic E-state index is -2.78. The Bertz CT molecular complexity index is 383. The van der Waals surface area contributed by atoms with Crippen LogP contribution in [0.5, 0.6) is 0 Å². The average molecular weight is 285 g/mol. The number of nitrogens with one attached hydrogen (secondary N) is 1. The highest BCUT2D eigenvalue weighted by Gasteiger charge is 2.33. The molecule has 0 heterocycles. The minimum Gasteiger partial charge on any atom is -0.308 e. The van der Waals surface area contributed by atoms with Crippen molar-refractivity contribution in [2.75, 3.05) is 12.3 Å². The molecular weight excluding hydrogens is 264 g/mol. The van der Waals surface area contributed by atoms with Crippen LogP contribution in [-0.4, -0.2) is 23.6 Å². The molecule has 2 atom stereocenters. The largest absolute Gasteiger partial charge is 0.308 e. The Morgan fingerprint density at radius 1 is 1.26 bits per heavy atom. The summed E-state index contributed by atoms with van der Waals surface area (Å²) in [5, 5.41) is 3.69. The van der Waals surface area contributed by atoms with Crippen molar-refractivity contribution >= 4 is 11.8 Å². The molecule has 19 heavy (non-hydrogen) atoms. The molecule has 0 aromatic heterocycles. The molecular formula is C15H21F2NS. The Kier molecular flexibility index (Phi) is 5.22. The van der Waals surface area contributed by atoms with E-state index < -0.39 is 5.92 Å². The number of alkyl halides is 2. The molecule has 1 N–H and O–H groups in total. The fourth-order valence-electron chi connectivity index (χ4n) is 2.57. The molecule has 1 fully saturated rings. The quantitative estimate of drug-likeness (QED) is 0.846. The number of rotatable bonds is 6. The van der Waals surface area contributed by atoms with Crippen LogP contribution in [0.25, 0.3) is 0 Å². The van der Waals surface area contributed by atoms with Crippen LogP contribution < -0.4 is 5.32 Å². The van der Waals surface area contributed by atoms with E-state index >= 15 is 0 Å². The monoisotopic (exact) mass is 285 g/mol. The summed E-state index contributed by atoms with van der Waals surface area (Å²) in [5.41, 5.74) is 0.0972. The van der Waals surface area contributed by atoms with Gasteiger partial charge in [-0.3, -0.25) is 0 Å². The third-order valence-corrected chi connectivity index (χ3v) is 4.83. The van der Waals surface area contributed by atoms with Crippen LogP contribution in [0.15, 0.2) is 30.3 Å². The molecule has 1 aromatic carbocycles. The van der Waals surface area contributed by atoms with Crippen molar-refractivity contribution < 1.29 is 8.78 Å². The maximum Gasteiger partial charge on any atom is 0.285 e. The summed E-state index contributed by atoms with van der Waals surface area (Å²) in [6.45, 7) is 1.89. The number of hydrogen-bond acceptors (Lipinski definition) is 2. The first-order valence-corrected chi connectivity index (χ1v) is 7.95. The predicted octanol–water partition coefficient (Wildman–Crippen LogP) is 4.04. The second kappa shape index (κ2) is 6.71. The maximum absolute atomic E-state index is 14.0. The van der Waals surface area contributed by atoms with Gasteiger partial charge in [0.15, 0.2) is 0 Å². The van der Waals surface area contributed by atoms with Gasteiger partial charge in [0.25, 0.3) is 5.92 Å². The van der Waals surface area contributed by atoms with Crippen LogP contribution in [0.1, 0.15) is 31.7 Å². The van der Waals surface area contributed by atoms with E-state index in [-0.39, 0.29) is 18.2 Å². The molecule has 2 rings (SSSR count). The van der Waals surface area contributed by atoms with E-state index in [1.165, 1.54) is 12.1 Å². The molecule has 0 amide bonds. The summed E-state index contributed by atoms with van der Waals surface area (Å²) in [5.74, 6) is -1.67. The van der Waals surface area contributed by atoms with E-state index in [1.807, 2.05) is 11.8 Å². The lowest BCUT2D eigenvalue weighted by molar-refractivity contribution is -0.00555. The van der Waals surface area contributed by atoms with Gasteiger partial charge in [0, 0.05) is 16.9 Å². The maximum atomic E-state index is 14.0. The lowest BCUT2D eigenvalue weighted by Crippen LogP contribution is -2.36. The predicted molar refractivity (Wildman–Crippen MR) is 77.9 cm³/mol. The van der Waals surface area contributed by atoms with Gasteiger partial charge in [0.05, 0.1) is 6.54 Å². The Morgan fingerprint density at radius 3 is 2.68 bits per heavy atom. The Morgan fingerprint density at radius 2 is 2.00 bits per heavy atom. The fraction of sp³-hybridized carbons (Fsp3) is 0.600. The van der Waals surface area contributed by atoms with Crippen molar-refractivity contribution in [3.05, 3.63) is 35.9 Å². The molecule has 2 unspecified atom stereocenters. The standard InChI is InChI=1S/C15H21F2NS/c1-2-19-14-9-8-13(10-14)18-11-15(16,17)12-6-4-3-5-7-12/h3-7,13-14,18H,2,8-11H2,1H3. The van der Waals surface area contributed by atoms with Crippen LogP contribution in [-0.2, 0) is 5.92 Å². The normalized spacial score (nSPS) is 23.7. The SMILES string of the molecule is CCSC1CCC(NCC(F)(F)c2ccccc2)C1. The molecule has 1 nitrogen and oxygen atoms in total. The van der Waals surface area contributed by atoms with E-state index in [0.29, 0.717) is 5.25 Å². The first-order chi connectivity index (χ1) is 9.12. The van der Waals surface area contributed by atoms with Crippen molar-refractivity contribution in [1.82, 2.24) is 5.32 Å². The zero-order chi connectivity index (χ0) is 13.7. The van der Waals surface area contributed by atoms with Gasteiger partial charge >= 0.3 is 0 Å². The van der Waals surface area contributed by atoms with Crippen LogP contribution in [0.3, 0.4) is 0 Å². The number of benzene rings is 1. The van der Waals surface area contributed by atoms with Crippen molar-refractivity contribution in [2.24, 2.45) is 0 Å². The highest BCUT2D eigenvalue weighted by Crippen LogP contribution is 2.31. The van der Waals surface area contributed by atoms with Crippen molar-refractivity contribution in [3.8, 4) is 0 Å². The molecule has 0 spiro atoms. The van der Waals surface area contributed by atoms with Gasteiger partial charge in [-0.2, -0.15) is 20.5 Å². The molecule has 1 aromatic rings. The van der Waals surface area contributed by atoms with E-state index in [0.717, 1.165) is 25.0 Å². The molecule has 0 aliphatic heterocycles. The van der Waals surface area contributed by atoms with E-state index in [9.17, 15) is 8.78 Å². The summed E-state index contributed by atoms with van der Waals surface area (Å²) in [6, 6.07) is 8.31. The van der Waals surface area contributed by atoms with Crippen molar-refractivity contribution in [2.45, 2.75) is 43.4 Å².